The minimum Gasteiger partial charge on any atom is -0.493 e. The van der Waals surface area contributed by atoms with Crippen LogP contribution in [0.4, 0.5) is 0 Å². The predicted molar refractivity (Wildman–Crippen MR) is 131 cm³/mol. The summed E-state index contributed by atoms with van der Waals surface area (Å²) in [5.74, 6) is 1.12. The first-order chi connectivity index (χ1) is 16.3. The van der Waals surface area contributed by atoms with Gasteiger partial charge in [-0.25, -0.2) is 0 Å². The number of nitrogens with zero attached hydrogens (tertiary/aromatic N) is 1. The molecule has 7 heteroatoms. The zero-order valence-corrected chi connectivity index (χ0v) is 20.8. The van der Waals surface area contributed by atoms with E-state index in [1.165, 1.54) is 12.7 Å². The van der Waals surface area contributed by atoms with Crippen molar-refractivity contribution in [2.75, 3.05) is 33.9 Å². The van der Waals surface area contributed by atoms with Gasteiger partial charge in [0.2, 0.25) is 0 Å². The molecule has 1 amide bonds. The van der Waals surface area contributed by atoms with E-state index in [1.54, 1.807) is 19.2 Å². The van der Waals surface area contributed by atoms with Gasteiger partial charge >= 0.3 is 5.97 Å². The standard InChI is InChI=1S/C27H36N2O5/c1-6-34-24-17-19(7-12-23(24)32-4)18-29-15-13-22(14-16-29)28-25(30)20-8-10-21(11-9-20)27(2,3)26(31)33-5/h7-12,17,22H,6,13-16,18H2,1-5H3,(H,28,30). The maximum Gasteiger partial charge on any atom is 0.315 e. The van der Waals surface area contributed by atoms with Gasteiger partial charge in [0, 0.05) is 31.2 Å². The number of hydrogen-bond acceptors (Lipinski definition) is 6. The number of likely N-dealkylation sites (tertiary alicyclic amines) is 1. The molecular weight excluding hydrogens is 432 g/mol. The Labute approximate surface area is 202 Å². The summed E-state index contributed by atoms with van der Waals surface area (Å²) in [5, 5.41) is 3.16. The van der Waals surface area contributed by atoms with Gasteiger partial charge in [0.15, 0.2) is 11.5 Å². The van der Waals surface area contributed by atoms with Crippen LogP contribution >= 0.6 is 0 Å². The summed E-state index contributed by atoms with van der Waals surface area (Å²) in [6, 6.07) is 13.4. The quantitative estimate of drug-likeness (QED) is 0.562. The first-order valence-electron chi connectivity index (χ1n) is 11.8. The molecule has 0 aliphatic carbocycles. The molecule has 1 saturated heterocycles. The van der Waals surface area contributed by atoms with Crippen LogP contribution in [0.3, 0.4) is 0 Å². The molecule has 34 heavy (non-hydrogen) atoms. The van der Waals surface area contributed by atoms with E-state index < -0.39 is 5.41 Å². The Morgan fingerprint density at radius 3 is 2.29 bits per heavy atom. The van der Waals surface area contributed by atoms with Crippen LogP contribution in [-0.2, 0) is 21.5 Å². The topological polar surface area (TPSA) is 77.1 Å². The van der Waals surface area contributed by atoms with Crippen LogP contribution in [0.5, 0.6) is 11.5 Å². The lowest BCUT2D eigenvalue weighted by Gasteiger charge is -2.32. The van der Waals surface area contributed by atoms with E-state index in [2.05, 4.69) is 16.3 Å². The maximum atomic E-state index is 12.8. The number of hydrogen-bond donors (Lipinski definition) is 1. The lowest BCUT2D eigenvalue weighted by Crippen LogP contribution is -2.44. The van der Waals surface area contributed by atoms with Crippen LogP contribution in [0, 0.1) is 0 Å². The Kier molecular flexibility index (Phi) is 8.56. The Balaban J connectivity index is 1.52. The van der Waals surface area contributed by atoms with E-state index in [1.807, 2.05) is 45.0 Å². The molecule has 0 bridgehead atoms. The van der Waals surface area contributed by atoms with E-state index in [9.17, 15) is 9.59 Å². The van der Waals surface area contributed by atoms with E-state index >= 15 is 0 Å². The number of esters is 1. The summed E-state index contributed by atoms with van der Waals surface area (Å²) < 4.78 is 15.9. The summed E-state index contributed by atoms with van der Waals surface area (Å²) in [4.78, 5) is 27.2. The van der Waals surface area contributed by atoms with E-state index in [-0.39, 0.29) is 17.9 Å². The molecule has 0 unspecified atom stereocenters. The third-order valence-corrected chi connectivity index (χ3v) is 6.42. The maximum absolute atomic E-state index is 12.8. The fourth-order valence-electron chi connectivity index (χ4n) is 4.26. The average molecular weight is 469 g/mol. The molecule has 1 heterocycles. The molecule has 2 aromatic rings. The molecule has 7 nitrogen and oxygen atoms in total. The van der Waals surface area contributed by atoms with Crippen LogP contribution in [0.15, 0.2) is 42.5 Å². The molecular formula is C27H36N2O5. The Morgan fingerprint density at radius 1 is 1.03 bits per heavy atom. The van der Waals surface area contributed by atoms with Gasteiger partial charge in [0.25, 0.3) is 5.91 Å². The third kappa shape index (κ3) is 6.08. The van der Waals surface area contributed by atoms with Gasteiger partial charge in [-0.1, -0.05) is 18.2 Å². The largest absolute Gasteiger partial charge is 0.493 e. The smallest absolute Gasteiger partial charge is 0.315 e. The van der Waals surface area contributed by atoms with Crippen molar-refractivity contribution in [1.29, 1.82) is 0 Å². The molecule has 1 fully saturated rings. The molecule has 0 saturated carbocycles. The van der Waals surface area contributed by atoms with Crippen molar-refractivity contribution in [3.63, 3.8) is 0 Å². The normalized spacial score (nSPS) is 15.0. The fraction of sp³-hybridized carbons (Fsp3) is 0.481. The number of ether oxygens (including phenoxy) is 3. The number of rotatable bonds is 9. The highest BCUT2D eigenvalue weighted by Crippen LogP contribution is 2.29. The second-order valence-electron chi connectivity index (χ2n) is 9.14. The summed E-state index contributed by atoms with van der Waals surface area (Å²) >= 11 is 0. The second kappa shape index (κ2) is 11.4. The van der Waals surface area contributed by atoms with Crippen molar-refractivity contribution in [3.05, 3.63) is 59.2 Å². The molecule has 184 valence electrons. The number of methoxy groups -OCH3 is 2. The van der Waals surface area contributed by atoms with Crippen LogP contribution < -0.4 is 14.8 Å². The monoisotopic (exact) mass is 468 g/mol. The van der Waals surface area contributed by atoms with Crippen LogP contribution in [-0.4, -0.2) is 56.7 Å². The SMILES string of the molecule is CCOc1cc(CN2CCC(NC(=O)c3ccc(C(C)(C)C(=O)OC)cc3)CC2)ccc1OC. The highest BCUT2D eigenvalue weighted by Gasteiger charge is 2.31. The Morgan fingerprint density at radius 2 is 1.71 bits per heavy atom. The highest BCUT2D eigenvalue weighted by molar-refractivity contribution is 5.94. The zero-order chi connectivity index (χ0) is 24.7. The number of amides is 1. The van der Waals surface area contributed by atoms with Gasteiger partial charge < -0.3 is 19.5 Å². The van der Waals surface area contributed by atoms with Gasteiger partial charge in [-0.2, -0.15) is 0 Å². The lowest BCUT2D eigenvalue weighted by molar-refractivity contribution is -0.146. The average Bonchev–Trinajstić information content (AvgIpc) is 2.85. The molecule has 1 N–H and O–H groups in total. The minimum absolute atomic E-state index is 0.0858. The number of benzene rings is 2. The number of carbonyl (C=O) groups excluding carboxylic acids is 2. The molecule has 0 atom stereocenters. The Bertz CT molecular complexity index is 979. The van der Waals surface area contributed by atoms with Gasteiger partial charge in [-0.3, -0.25) is 14.5 Å². The minimum atomic E-state index is -0.760. The van der Waals surface area contributed by atoms with Gasteiger partial charge in [0.1, 0.15) is 0 Å². The van der Waals surface area contributed by atoms with Gasteiger partial charge in [0.05, 0.1) is 26.2 Å². The van der Waals surface area contributed by atoms with Crippen molar-refractivity contribution in [3.8, 4) is 11.5 Å². The van der Waals surface area contributed by atoms with Crippen molar-refractivity contribution in [2.45, 2.75) is 51.6 Å². The number of nitrogens with one attached hydrogen (secondary N) is 1. The van der Waals surface area contributed by atoms with Gasteiger partial charge in [-0.15, -0.1) is 0 Å². The van der Waals surface area contributed by atoms with Gasteiger partial charge in [-0.05, 0) is 69.0 Å². The lowest BCUT2D eigenvalue weighted by atomic mass is 9.84. The third-order valence-electron chi connectivity index (χ3n) is 6.42. The summed E-state index contributed by atoms with van der Waals surface area (Å²) in [6.07, 6.45) is 1.79. The Hall–Kier alpha value is -3.06. The fourth-order valence-corrected chi connectivity index (χ4v) is 4.26. The number of piperidine rings is 1. The summed E-state index contributed by atoms with van der Waals surface area (Å²) in [5.41, 5.74) is 1.83. The predicted octanol–water partition coefficient (Wildman–Crippen LogP) is 3.94. The molecule has 1 aliphatic heterocycles. The van der Waals surface area contributed by atoms with Crippen molar-refractivity contribution in [1.82, 2.24) is 10.2 Å². The summed E-state index contributed by atoms with van der Waals surface area (Å²) in [6.45, 7) is 8.83. The van der Waals surface area contributed by atoms with Crippen molar-refractivity contribution < 1.29 is 23.8 Å². The molecule has 1 aliphatic rings. The van der Waals surface area contributed by atoms with E-state index in [0.29, 0.717) is 12.2 Å². The molecule has 3 rings (SSSR count). The first kappa shape index (κ1) is 25.6. The van der Waals surface area contributed by atoms with E-state index in [0.717, 1.165) is 49.5 Å². The molecule has 0 spiro atoms. The molecule has 0 aromatic heterocycles. The molecule has 0 radical (unpaired) electrons. The van der Waals surface area contributed by atoms with Crippen molar-refractivity contribution >= 4 is 11.9 Å². The highest BCUT2D eigenvalue weighted by atomic mass is 16.5. The van der Waals surface area contributed by atoms with E-state index in [4.69, 9.17) is 14.2 Å². The first-order valence-corrected chi connectivity index (χ1v) is 11.8. The van der Waals surface area contributed by atoms with Crippen LogP contribution in [0.2, 0.25) is 0 Å². The van der Waals surface area contributed by atoms with Crippen molar-refractivity contribution in [2.24, 2.45) is 0 Å². The summed E-state index contributed by atoms with van der Waals surface area (Å²) in [7, 11) is 3.03. The molecule has 2 aromatic carbocycles. The zero-order valence-electron chi connectivity index (χ0n) is 20.8. The number of carbonyl (C=O) groups is 2. The van der Waals surface area contributed by atoms with Crippen LogP contribution in [0.1, 0.15) is 55.1 Å². The van der Waals surface area contributed by atoms with Crippen LogP contribution in [0.25, 0.3) is 0 Å². The second-order valence-corrected chi connectivity index (χ2v) is 9.14.